The molecule has 23 heavy (non-hydrogen) atoms. The van der Waals surface area contributed by atoms with Gasteiger partial charge in [0.25, 0.3) is 0 Å². The molecule has 6 nitrogen and oxygen atoms in total. The molecule has 4 rings (SSSR count). The minimum Gasteiger partial charge on any atom is -0.494 e. The Hall–Kier alpha value is -3.28. The Kier molecular flexibility index (Phi) is 3.01. The zero-order valence-electron chi connectivity index (χ0n) is 12.5. The Morgan fingerprint density at radius 3 is 2.83 bits per heavy atom. The summed E-state index contributed by atoms with van der Waals surface area (Å²) < 4.78 is 9.45. The molecule has 0 bridgehead atoms. The fourth-order valence-electron chi connectivity index (χ4n) is 2.69. The summed E-state index contributed by atoms with van der Waals surface area (Å²) in [6, 6.07) is 11.4. The molecule has 0 aliphatic rings. The summed E-state index contributed by atoms with van der Waals surface area (Å²) in [5.74, 6) is 0.738. The number of hydrogen-bond acceptors (Lipinski definition) is 4. The van der Waals surface area contributed by atoms with E-state index in [2.05, 4.69) is 9.97 Å². The smallest absolute Gasteiger partial charge is 0.154 e. The van der Waals surface area contributed by atoms with Crippen LogP contribution in [0.4, 0.5) is 5.69 Å². The van der Waals surface area contributed by atoms with E-state index in [0.717, 1.165) is 28.3 Å². The van der Waals surface area contributed by atoms with Gasteiger partial charge in [0.15, 0.2) is 5.65 Å². The predicted octanol–water partition coefficient (Wildman–Crippen LogP) is 2.78. The molecule has 0 spiro atoms. The second kappa shape index (κ2) is 5.17. The lowest BCUT2D eigenvalue weighted by atomic mass is 10.2. The molecule has 2 N–H and O–H groups in total. The standard InChI is InChI=1S/C17H15N5O/c1-23-16-5-4-13(18)9-14(16)21-8-6-17-20-11-15(22(17)21)12-3-2-7-19-10-12/h2-11H,18H2,1H3. The van der Waals surface area contributed by atoms with Gasteiger partial charge >= 0.3 is 0 Å². The van der Waals surface area contributed by atoms with E-state index in [1.54, 1.807) is 13.3 Å². The van der Waals surface area contributed by atoms with Crippen molar-refractivity contribution >= 4 is 11.3 Å². The van der Waals surface area contributed by atoms with Gasteiger partial charge in [0.1, 0.15) is 11.4 Å². The first-order chi connectivity index (χ1) is 11.3. The number of nitrogens with two attached hydrogens (primary N) is 1. The maximum absolute atomic E-state index is 5.95. The first kappa shape index (κ1) is 13.4. The number of aromatic nitrogens is 4. The molecule has 0 aliphatic heterocycles. The number of anilines is 1. The Bertz CT molecular complexity index is 971. The van der Waals surface area contributed by atoms with Gasteiger partial charge in [0.2, 0.25) is 0 Å². The molecule has 114 valence electrons. The molecular weight excluding hydrogens is 290 g/mol. The van der Waals surface area contributed by atoms with E-state index >= 15 is 0 Å². The van der Waals surface area contributed by atoms with E-state index in [-0.39, 0.29) is 0 Å². The van der Waals surface area contributed by atoms with E-state index in [4.69, 9.17) is 10.5 Å². The van der Waals surface area contributed by atoms with Gasteiger partial charge in [-0.25, -0.2) is 9.50 Å². The molecule has 3 heterocycles. The maximum atomic E-state index is 5.95. The summed E-state index contributed by atoms with van der Waals surface area (Å²) in [4.78, 5) is 8.65. The van der Waals surface area contributed by atoms with Gasteiger partial charge in [-0.05, 0) is 30.3 Å². The van der Waals surface area contributed by atoms with Gasteiger partial charge in [-0.15, -0.1) is 0 Å². The Balaban J connectivity index is 1.99. The maximum Gasteiger partial charge on any atom is 0.154 e. The van der Waals surface area contributed by atoms with E-state index in [1.807, 2.05) is 64.2 Å². The highest BCUT2D eigenvalue weighted by molar-refractivity contribution is 5.64. The molecule has 6 heteroatoms. The zero-order valence-corrected chi connectivity index (χ0v) is 12.5. The van der Waals surface area contributed by atoms with Crippen LogP contribution in [0.15, 0.2) is 61.2 Å². The molecule has 0 amide bonds. The second-order valence-electron chi connectivity index (χ2n) is 5.15. The topological polar surface area (TPSA) is 70.4 Å². The van der Waals surface area contributed by atoms with E-state index in [0.29, 0.717) is 5.69 Å². The molecule has 0 aliphatic carbocycles. The molecular formula is C17H15N5O. The molecule has 0 saturated carbocycles. The normalized spacial score (nSPS) is 11.0. The minimum atomic E-state index is 0.672. The van der Waals surface area contributed by atoms with Crippen LogP contribution in [0.25, 0.3) is 22.6 Å². The summed E-state index contributed by atoms with van der Waals surface area (Å²) in [5, 5.41) is 0. The van der Waals surface area contributed by atoms with Gasteiger partial charge in [0, 0.05) is 35.9 Å². The Morgan fingerprint density at radius 2 is 2.04 bits per heavy atom. The van der Waals surface area contributed by atoms with Crippen LogP contribution in [0.2, 0.25) is 0 Å². The number of rotatable bonds is 3. The fourth-order valence-corrected chi connectivity index (χ4v) is 2.69. The number of benzene rings is 1. The summed E-state index contributed by atoms with van der Waals surface area (Å²) in [7, 11) is 1.64. The molecule has 3 aromatic heterocycles. The number of fused-ring (bicyclic) bond motifs is 1. The largest absolute Gasteiger partial charge is 0.494 e. The number of ether oxygens (including phenoxy) is 1. The number of nitrogens with zero attached hydrogens (tertiary/aromatic N) is 4. The highest BCUT2D eigenvalue weighted by Gasteiger charge is 2.14. The van der Waals surface area contributed by atoms with Crippen LogP contribution in [-0.2, 0) is 0 Å². The van der Waals surface area contributed by atoms with Crippen molar-refractivity contribution in [2.45, 2.75) is 0 Å². The van der Waals surface area contributed by atoms with Gasteiger partial charge in [-0.2, -0.15) is 0 Å². The molecule has 1 aromatic carbocycles. The number of imidazole rings is 1. The molecule has 0 unspecified atom stereocenters. The zero-order chi connectivity index (χ0) is 15.8. The van der Waals surface area contributed by atoms with Crippen LogP contribution in [-0.4, -0.2) is 26.3 Å². The molecule has 0 saturated heterocycles. The van der Waals surface area contributed by atoms with Crippen molar-refractivity contribution in [2.24, 2.45) is 0 Å². The van der Waals surface area contributed by atoms with E-state index in [1.165, 1.54) is 0 Å². The van der Waals surface area contributed by atoms with Crippen LogP contribution in [0.5, 0.6) is 5.75 Å². The van der Waals surface area contributed by atoms with Crippen molar-refractivity contribution < 1.29 is 4.74 Å². The van der Waals surface area contributed by atoms with Crippen LogP contribution in [0, 0.1) is 0 Å². The summed E-state index contributed by atoms with van der Waals surface area (Å²) in [6.45, 7) is 0. The van der Waals surface area contributed by atoms with Gasteiger partial charge in [0.05, 0.1) is 19.0 Å². The van der Waals surface area contributed by atoms with Gasteiger partial charge in [-0.1, -0.05) is 0 Å². The molecule has 0 atom stereocenters. The third-order valence-corrected chi connectivity index (χ3v) is 3.75. The average Bonchev–Trinajstić information content (AvgIpc) is 3.17. The van der Waals surface area contributed by atoms with Crippen molar-refractivity contribution in [3.63, 3.8) is 0 Å². The number of hydrogen-bond donors (Lipinski definition) is 1. The highest BCUT2D eigenvalue weighted by atomic mass is 16.5. The summed E-state index contributed by atoms with van der Waals surface area (Å²) in [5.41, 5.74) is 10.3. The Labute approximate surface area is 132 Å². The first-order valence-corrected chi connectivity index (χ1v) is 7.17. The lowest BCUT2D eigenvalue weighted by molar-refractivity contribution is 0.411. The Morgan fingerprint density at radius 1 is 1.13 bits per heavy atom. The van der Waals surface area contributed by atoms with Crippen molar-refractivity contribution in [1.29, 1.82) is 0 Å². The summed E-state index contributed by atoms with van der Waals surface area (Å²) >= 11 is 0. The number of methoxy groups -OCH3 is 1. The number of nitrogen functional groups attached to an aromatic ring is 1. The van der Waals surface area contributed by atoms with Crippen molar-refractivity contribution in [2.75, 3.05) is 12.8 Å². The molecule has 0 radical (unpaired) electrons. The fraction of sp³-hybridized carbons (Fsp3) is 0.0588. The van der Waals surface area contributed by atoms with E-state index < -0.39 is 0 Å². The SMILES string of the molecule is COc1ccc(N)cc1-n1ccc2ncc(-c3cccnc3)n21. The van der Waals surface area contributed by atoms with E-state index in [9.17, 15) is 0 Å². The van der Waals surface area contributed by atoms with Crippen LogP contribution in [0.3, 0.4) is 0 Å². The van der Waals surface area contributed by atoms with Crippen LogP contribution in [0.1, 0.15) is 0 Å². The predicted molar refractivity (Wildman–Crippen MR) is 88.7 cm³/mol. The summed E-state index contributed by atoms with van der Waals surface area (Å²) in [6.07, 6.45) is 7.35. The first-order valence-electron chi connectivity index (χ1n) is 7.17. The van der Waals surface area contributed by atoms with Crippen LogP contribution >= 0.6 is 0 Å². The number of pyridine rings is 1. The second-order valence-corrected chi connectivity index (χ2v) is 5.15. The average molecular weight is 305 g/mol. The minimum absolute atomic E-state index is 0.672. The third-order valence-electron chi connectivity index (χ3n) is 3.75. The monoisotopic (exact) mass is 305 g/mol. The van der Waals surface area contributed by atoms with Crippen LogP contribution < -0.4 is 10.5 Å². The molecule has 4 aromatic rings. The van der Waals surface area contributed by atoms with Crippen molar-refractivity contribution in [1.82, 2.24) is 19.2 Å². The molecule has 0 fully saturated rings. The quantitative estimate of drug-likeness (QED) is 0.591. The van der Waals surface area contributed by atoms with Gasteiger partial charge in [-0.3, -0.25) is 9.67 Å². The van der Waals surface area contributed by atoms with Crippen molar-refractivity contribution in [3.8, 4) is 22.7 Å². The lowest BCUT2D eigenvalue weighted by Crippen LogP contribution is -2.05. The third kappa shape index (κ3) is 2.12. The highest BCUT2D eigenvalue weighted by Crippen LogP contribution is 2.28. The van der Waals surface area contributed by atoms with Crippen molar-refractivity contribution in [3.05, 3.63) is 61.2 Å². The lowest BCUT2D eigenvalue weighted by Gasteiger charge is -2.13. The van der Waals surface area contributed by atoms with Gasteiger partial charge < -0.3 is 10.5 Å².